The summed E-state index contributed by atoms with van der Waals surface area (Å²) in [6.07, 6.45) is 5.50. The fourth-order valence-electron chi connectivity index (χ4n) is 2.67. The van der Waals surface area contributed by atoms with E-state index in [2.05, 4.69) is 4.98 Å². The quantitative estimate of drug-likeness (QED) is 0.824. The van der Waals surface area contributed by atoms with E-state index in [4.69, 9.17) is 5.73 Å². The molecule has 1 aliphatic heterocycles. The topological polar surface area (TPSA) is 59.2 Å². The van der Waals surface area contributed by atoms with E-state index in [1.807, 2.05) is 73.5 Å². The Balaban J connectivity index is 0.00000225. The third kappa shape index (κ3) is 4.06. The number of nitrogens with two attached hydrogens (primary N) is 1. The van der Waals surface area contributed by atoms with Crippen LogP contribution in [0.5, 0.6) is 0 Å². The van der Waals surface area contributed by atoms with Crippen LogP contribution in [-0.4, -0.2) is 27.9 Å². The summed E-state index contributed by atoms with van der Waals surface area (Å²) in [7, 11) is 0. The number of amides is 1. The van der Waals surface area contributed by atoms with E-state index in [0.29, 0.717) is 6.54 Å². The Kier molecular flexibility index (Phi) is 6.27. The van der Waals surface area contributed by atoms with Gasteiger partial charge in [0.25, 0.3) is 5.91 Å². The number of nitrogens with zero attached hydrogens (tertiary/aromatic N) is 2. The van der Waals surface area contributed by atoms with Crippen molar-refractivity contribution >= 4 is 36.2 Å². The summed E-state index contributed by atoms with van der Waals surface area (Å²) in [5.41, 5.74) is 7.54. The van der Waals surface area contributed by atoms with Crippen molar-refractivity contribution in [1.82, 2.24) is 9.88 Å². The average Bonchev–Trinajstić information content (AvgIpc) is 2.94. The van der Waals surface area contributed by atoms with Crippen LogP contribution in [0.3, 0.4) is 0 Å². The molecule has 3 rings (SSSR count). The van der Waals surface area contributed by atoms with Crippen LogP contribution in [0.4, 0.5) is 0 Å². The van der Waals surface area contributed by atoms with Gasteiger partial charge in [-0.1, -0.05) is 48.2 Å². The number of carbonyl (C=O) groups excluding carboxylic acids is 1. The van der Waals surface area contributed by atoms with E-state index in [1.165, 1.54) is 0 Å². The van der Waals surface area contributed by atoms with Crippen molar-refractivity contribution in [3.05, 3.63) is 70.9 Å². The molecular formula is C19H22ClN3OS. The molecule has 132 valence electrons. The second-order valence-corrected chi connectivity index (χ2v) is 7.49. The third-order valence-corrected chi connectivity index (χ3v) is 5.37. The molecule has 0 saturated carbocycles. The molecule has 2 N–H and O–H groups in total. The molecule has 1 saturated heterocycles. The number of hydrogen-bond acceptors (Lipinski definition) is 4. The molecule has 0 spiro atoms. The van der Waals surface area contributed by atoms with Crippen molar-refractivity contribution in [3.63, 3.8) is 0 Å². The fourth-order valence-corrected chi connectivity index (χ4v) is 4.08. The summed E-state index contributed by atoms with van der Waals surface area (Å²) < 4.78 is 0. The lowest BCUT2D eigenvalue weighted by molar-refractivity contribution is -0.131. The minimum atomic E-state index is -0.434. The van der Waals surface area contributed by atoms with E-state index in [0.717, 1.165) is 16.0 Å². The molecule has 1 aromatic heterocycles. The van der Waals surface area contributed by atoms with Crippen LogP contribution in [0.1, 0.15) is 30.3 Å². The van der Waals surface area contributed by atoms with Crippen molar-refractivity contribution in [1.29, 1.82) is 0 Å². The second kappa shape index (κ2) is 8.04. The number of hydrogen-bond donors (Lipinski definition) is 1. The van der Waals surface area contributed by atoms with Crippen LogP contribution < -0.4 is 5.73 Å². The first kappa shape index (κ1) is 19.5. The highest BCUT2D eigenvalue weighted by Gasteiger charge is 2.44. The van der Waals surface area contributed by atoms with Gasteiger partial charge in [0.1, 0.15) is 5.37 Å². The molecule has 4 nitrogen and oxygen atoms in total. The highest BCUT2D eigenvalue weighted by molar-refractivity contribution is 8.04. The van der Waals surface area contributed by atoms with Gasteiger partial charge in [0.15, 0.2) is 0 Å². The largest absolute Gasteiger partial charge is 0.328 e. The van der Waals surface area contributed by atoms with Gasteiger partial charge < -0.3 is 10.6 Å². The van der Waals surface area contributed by atoms with Crippen molar-refractivity contribution in [3.8, 4) is 0 Å². The normalized spacial score (nSPS) is 19.2. The zero-order valence-electron chi connectivity index (χ0n) is 14.3. The highest BCUT2D eigenvalue weighted by Crippen LogP contribution is 2.49. The molecule has 6 heteroatoms. The number of aromatic nitrogens is 1. The van der Waals surface area contributed by atoms with Crippen molar-refractivity contribution in [2.75, 3.05) is 6.54 Å². The van der Waals surface area contributed by atoms with E-state index in [1.54, 1.807) is 18.0 Å². The molecule has 0 aliphatic carbocycles. The lowest BCUT2D eigenvalue weighted by Crippen LogP contribution is -2.50. The van der Waals surface area contributed by atoms with Gasteiger partial charge in [-0.15, -0.1) is 12.4 Å². The number of carbonyl (C=O) groups is 1. The van der Waals surface area contributed by atoms with Crippen LogP contribution in [-0.2, 0) is 4.79 Å². The Labute approximate surface area is 158 Å². The molecule has 25 heavy (non-hydrogen) atoms. The predicted molar refractivity (Wildman–Crippen MR) is 106 cm³/mol. The molecule has 0 radical (unpaired) electrons. The van der Waals surface area contributed by atoms with Crippen LogP contribution in [0, 0.1) is 0 Å². The maximum Gasteiger partial charge on any atom is 0.262 e. The summed E-state index contributed by atoms with van der Waals surface area (Å²) in [5.74, 6) is 0.0214. The molecule has 1 fully saturated rings. The van der Waals surface area contributed by atoms with Gasteiger partial charge in [-0.25, -0.2) is 0 Å². The molecular weight excluding hydrogens is 354 g/mol. The first-order chi connectivity index (χ1) is 11.5. The fraction of sp³-hybridized carbons (Fsp3) is 0.263. The van der Waals surface area contributed by atoms with Gasteiger partial charge in [-0.05, 0) is 31.6 Å². The Hall–Kier alpha value is -1.82. The second-order valence-electron chi connectivity index (χ2n) is 6.37. The predicted octanol–water partition coefficient (Wildman–Crippen LogP) is 3.86. The molecule has 2 heterocycles. The molecule has 1 atom stereocenters. The number of thioether (sulfide) groups is 1. The minimum Gasteiger partial charge on any atom is -0.328 e. The minimum absolute atomic E-state index is 0. The standard InChI is InChI=1S/C19H21N3OS.ClH/c1-19(2,13-20)22-17(23)16(11-14-7-4-3-5-8-14)24-18(22)15-9-6-10-21-12-15;/h3-12,18H,13,20H2,1-2H3;1H. The van der Waals surface area contributed by atoms with E-state index in [-0.39, 0.29) is 23.7 Å². The first-order valence-electron chi connectivity index (χ1n) is 7.90. The molecule has 1 amide bonds. The van der Waals surface area contributed by atoms with Gasteiger partial charge in [0, 0.05) is 24.5 Å². The van der Waals surface area contributed by atoms with Crippen LogP contribution >= 0.6 is 24.2 Å². The lowest BCUT2D eigenvalue weighted by atomic mass is 10.0. The summed E-state index contributed by atoms with van der Waals surface area (Å²) in [6, 6.07) is 13.8. The van der Waals surface area contributed by atoms with Crippen LogP contribution in [0.2, 0.25) is 0 Å². The SMILES string of the molecule is CC(C)(CN)N1C(=O)C(=Cc2ccccc2)SC1c1cccnc1.Cl. The molecule has 1 aromatic carbocycles. The van der Waals surface area contributed by atoms with E-state index >= 15 is 0 Å². The van der Waals surface area contributed by atoms with Crippen molar-refractivity contribution in [2.45, 2.75) is 24.8 Å². The first-order valence-corrected chi connectivity index (χ1v) is 8.78. The number of benzene rings is 1. The molecule has 1 unspecified atom stereocenters. The van der Waals surface area contributed by atoms with Crippen molar-refractivity contribution in [2.24, 2.45) is 5.73 Å². The number of pyridine rings is 1. The van der Waals surface area contributed by atoms with Crippen molar-refractivity contribution < 1.29 is 4.79 Å². The van der Waals surface area contributed by atoms with Gasteiger partial charge >= 0.3 is 0 Å². The zero-order valence-corrected chi connectivity index (χ0v) is 15.9. The summed E-state index contributed by atoms with van der Waals surface area (Å²) in [5, 5.41) is -0.111. The zero-order chi connectivity index (χ0) is 17.2. The van der Waals surface area contributed by atoms with Crippen LogP contribution in [0.25, 0.3) is 6.08 Å². The Morgan fingerprint density at radius 1 is 1.24 bits per heavy atom. The Morgan fingerprint density at radius 2 is 1.96 bits per heavy atom. The summed E-state index contributed by atoms with van der Waals surface area (Å²) in [4.78, 5) is 19.9. The highest BCUT2D eigenvalue weighted by atomic mass is 35.5. The summed E-state index contributed by atoms with van der Waals surface area (Å²) in [6.45, 7) is 4.40. The van der Waals surface area contributed by atoms with Gasteiger partial charge in [-0.2, -0.15) is 0 Å². The maximum absolute atomic E-state index is 13.1. The van der Waals surface area contributed by atoms with E-state index in [9.17, 15) is 4.79 Å². The lowest BCUT2D eigenvalue weighted by Gasteiger charge is -2.38. The number of rotatable bonds is 4. The molecule has 2 aromatic rings. The maximum atomic E-state index is 13.1. The Morgan fingerprint density at radius 3 is 2.56 bits per heavy atom. The average molecular weight is 376 g/mol. The molecule has 0 bridgehead atoms. The number of halogens is 1. The van der Waals surface area contributed by atoms with Gasteiger partial charge in [0.05, 0.1) is 10.4 Å². The van der Waals surface area contributed by atoms with Gasteiger partial charge in [-0.3, -0.25) is 9.78 Å². The third-order valence-electron chi connectivity index (χ3n) is 4.12. The van der Waals surface area contributed by atoms with Gasteiger partial charge in [0.2, 0.25) is 0 Å². The smallest absolute Gasteiger partial charge is 0.262 e. The van der Waals surface area contributed by atoms with Crippen LogP contribution in [0.15, 0.2) is 59.8 Å². The van der Waals surface area contributed by atoms with E-state index < -0.39 is 5.54 Å². The molecule has 1 aliphatic rings. The summed E-state index contributed by atoms with van der Waals surface area (Å²) >= 11 is 1.56. The Bertz CT molecular complexity index is 750. The monoisotopic (exact) mass is 375 g/mol.